The summed E-state index contributed by atoms with van der Waals surface area (Å²) in [6, 6.07) is 7.41. The van der Waals surface area contributed by atoms with Gasteiger partial charge in [-0.3, -0.25) is 0 Å². The van der Waals surface area contributed by atoms with Crippen molar-refractivity contribution in [2.45, 2.75) is 38.1 Å². The first-order valence-electron chi connectivity index (χ1n) is 6.46. The molecule has 0 heterocycles. The number of urea groups is 1. The van der Waals surface area contributed by atoms with Gasteiger partial charge in [-0.1, -0.05) is 31.4 Å². The Morgan fingerprint density at radius 2 is 1.83 bits per heavy atom. The van der Waals surface area contributed by atoms with E-state index in [2.05, 4.69) is 10.6 Å². The Balaban J connectivity index is 1.83. The lowest BCUT2D eigenvalue weighted by atomic mass is 9.96. The van der Waals surface area contributed by atoms with Gasteiger partial charge in [0.05, 0.1) is 0 Å². The van der Waals surface area contributed by atoms with Crippen LogP contribution in [0.4, 0.5) is 10.5 Å². The van der Waals surface area contributed by atoms with Crippen LogP contribution in [0.25, 0.3) is 0 Å². The van der Waals surface area contributed by atoms with Crippen molar-refractivity contribution in [2.24, 2.45) is 0 Å². The van der Waals surface area contributed by atoms with Crippen LogP contribution in [0.3, 0.4) is 0 Å². The predicted molar refractivity (Wildman–Crippen MR) is 73.4 cm³/mol. The number of amides is 2. The highest BCUT2D eigenvalue weighted by atomic mass is 16.2. The van der Waals surface area contributed by atoms with Crippen LogP contribution >= 0.6 is 0 Å². The van der Waals surface area contributed by atoms with Crippen molar-refractivity contribution in [3.63, 3.8) is 0 Å². The third-order valence-electron chi connectivity index (χ3n) is 3.28. The van der Waals surface area contributed by atoms with Crippen LogP contribution in [-0.2, 0) is 0 Å². The molecule has 18 heavy (non-hydrogen) atoms. The maximum atomic E-state index is 11.8. The SMILES string of the molecule is N=Cc1ccc(NC(=O)NC2CCCCC2)cc1. The highest BCUT2D eigenvalue weighted by Crippen LogP contribution is 2.17. The second-order valence-electron chi connectivity index (χ2n) is 4.70. The van der Waals surface area contributed by atoms with Crippen LogP contribution in [0.15, 0.2) is 24.3 Å². The molecule has 0 atom stereocenters. The first-order valence-corrected chi connectivity index (χ1v) is 6.46. The van der Waals surface area contributed by atoms with E-state index in [0.29, 0.717) is 6.04 Å². The summed E-state index contributed by atoms with van der Waals surface area (Å²) >= 11 is 0. The maximum absolute atomic E-state index is 11.8. The number of anilines is 1. The molecule has 0 bridgehead atoms. The predicted octanol–water partition coefficient (Wildman–Crippen LogP) is 3.14. The van der Waals surface area contributed by atoms with Crippen molar-refractivity contribution in [3.05, 3.63) is 29.8 Å². The lowest BCUT2D eigenvalue weighted by molar-refractivity contribution is 0.244. The molecule has 1 aliphatic rings. The van der Waals surface area contributed by atoms with Crippen LogP contribution in [-0.4, -0.2) is 18.3 Å². The number of nitrogens with one attached hydrogen (secondary N) is 3. The van der Waals surface area contributed by atoms with Crippen molar-refractivity contribution < 1.29 is 4.79 Å². The fourth-order valence-corrected chi connectivity index (χ4v) is 2.26. The zero-order valence-electron chi connectivity index (χ0n) is 10.4. The molecule has 1 aromatic rings. The Bertz CT molecular complexity index is 408. The van der Waals surface area contributed by atoms with Gasteiger partial charge in [0.1, 0.15) is 0 Å². The summed E-state index contributed by atoms with van der Waals surface area (Å²) in [5.74, 6) is 0. The summed E-state index contributed by atoms with van der Waals surface area (Å²) in [5, 5.41) is 12.9. The fraction of sp³-hybridized carbons (Fsp3) is 0.429. The van der Waals surface area contributed by atoms with Crippen molar-refractivity contribution in [1.29, 1.82) is 5.41 Å². The second-order valence-corrected chi connectivity index (χ2v) is 4.70. The van der Waals surface area contributed by atoms with E-state index in [0.717, 1.165) is 24.1 Å². The number of carbonyl (C=O) groups excluding carboxylic acids is 1. The third-order valence-corrected chi connectivity index (χ3v) is 3.28. The van der Waals surface area contributed by atoms with Gasteiger partial charge in [0.25, 0.3) is 0 Å². The maximum Gasteiger partial charge on any atom is 0.319 e. The van der Waals surface area contributed by atoms with E-state index in [1.165, 1.54) is 25.5 Å². The van der Waals surface area contributed by atoms with Crippen LogP contribution in [0.5, 0.6) is 0 Å². The average Bonchev–Trinajstić information content (AvgIpc) is 2.40. The molecular formula is C14H19N3O. The average molecular weight is 245 g/mol. The van der Waals surface area contributed by atoms with E-state index in [1.807, 2.05) is 12.1 Å². The van der Waals surface area contributed by atoms with E-state index < -0.39 is 0 Å². The molecule has 2 rings (SSSR count). The molecule has 1 saturated carbocycles. The topological polar surface area (TPSA) is 65.0 Å². The van der Waals surface area contributed by atoms with Gasteiger partial charge >= 0.3 is 6.03 Å². The molecule has 96 valence electrons. The molecule has 0 spiro atoms. The van der Waals surface area contributed by atoms with Crippen LogP contribution in [0.1, 0.15) is 37.7 Å². The van der Waals surface area contributed by atoms with Gasteiger partial charge in [0.15, 0.2) is 0 Å². The molecule has 4 nitrogen and oxygen atoms in total. The van der Waals surface area contributed by atoms with E-state index >= 15 is 0 Å². The van der Waals surface area contributed by atoms with Crippen molar-refractivity contribution in [1.82, 2.24) is 5.32 Å². The summed E-state index contributed by atoms with van der Waals surface area (Å²) in [4.78, 5) is 11.8. The highest BCUT2D eigenvalue weighted by Gasteiger charge is 2.15. The van der Waals surface area contributed by atoms with Gasteiger partial charge in [-0.05, 0) is 30.5 Å². The minimum Gasteiger partial charge on any atom is -0.335 e. The van der Waals surface area contributed by atoms with Gasteiger partial charge < -0.3 is 16.0 Å². The number of carbonyl (C=O) groups is 1. The van der Waals surface area contributed by atoms with Gasteiger partial charge in [-0.15, -0.1) is 0 Å². The monoisotopic (exact) mass is 245 g/mol. The molecule has 3 N–H and O–H groups in total. The number of hydrogen-bond acceptors (Lipinski definition) is 2. The summed E-state index contributed by atoms with van der Waals surface area (Å²) < 4.78 is 0. The lowest BCUT2D eigenvalue weighted by Crippen LogP contribution is -2.38. The second kappa shape index (κ2) is 6.19. The first kappa shape index (κ1) is 12.6. The summed E-state index contributed by atoms with van der Waals surface area (Å²) in [5.41, 5.74) is 1.59. The largest absolute Gasteiger partial charge is 0.335 e. The summed E-state index contributed by atoms with van der Waals surface area (Å²) in [6.45, 7) is 0. The zero-order valence-corrected chi connectivity index (χ0v) is 10.4. The number of hydrogen-bond donors (Lipinski definition) is 3. The van der Waals surface area contributed by atoms with Crippen molar-refractivity contribution in [3.8, 4) is 0 Å². The van der Waals surface area contributed by atoms with Crippen LogP contribution < -0.4 is 10.6 Å². The normalized spacial score (nSPS) is 16.0. The Hall–Kier alpha value is -1.84. The molecule has 0 aliphatic heterocycles. The Labute approximate surface area is 107 Å². The highest BCUT2D eigenvalue weighted by molar-refractivity contribution is 5.90. The molecule has 2 amide bonds. The summed E-state index contributed by atoms with van der Waals surface area (Å²) in [6.07, 6.45) is 7.15. The molecule has 1 fully saturated rings. The molecule has 0 radical (unpaired) electrons. The smallest absolute Gasteiger partial charge is 0.319 e. The quantitative estimate of drug-likeness (QED) is 0.704. The van der Waals surface area contributed by atoms with Gasteiger partial charge in [0.2, 0.25) is 0 Å². The zero-order chi connectivity index (χ0) is 12.8. The lowest BCUT2D eigenvalue weighted by Gasteiger charge is -2.22. The standard InChI is InChI=1S/C14H19N3O/c15-10-11-6-8-13(9-7-11)17-14(18)16-12-4-2-1-3-5-12/h6-10,12,15H,1-5H2,(H2,16,17,18). The van der Waals surface area contributed by atoms with Gasteiger partial charge in [-0.25, -0.2) is 4.79 Å². The van der Waals surface area contributed by atoms with Crippen LogP contribution in [0, 0.1) is 5.41 Å². The molecule has 0 aromatic heterocycles. The Kier molecular flexibility index (Phi) is 4.34. The van der Waals surface area contributed by atoms with Crippen LogP contribution in [0.2, 0.25) is 0 Å². The Morgan fingerprint density at radius 1 is 1.17 bits per heavy atom. The Morgan fingerprint density at radius 3 is 2.44 bits per heavy atom. The van der Waals surface area contributed by atoms with Crippen molar-refractivity contribution >= 4 is 17.9 Å². The minimum atomic E-state index is -0.135. The number of rotatable bonds is 3. The first-order chi connectivity index (χ1) is 8.78. The fourth-order valence-electron chi connectivity index (χ4n) is 2.26. The van der Waals surface area contributed by atoms with Gasteiger partial charge in [-0.2, -0.15) is 0 Å². The van der Waals surface area contributed by atoms with E-state index in [-0.39, 0.29) is 6.03 Å². The van der Waals surface area contributed by atoms with E-state index in [9.17, 15) is 4.79 Å². The molecule has 0 saturated heterocycles. The van der Waals surface area contributed by atoms with Gasteiger partial charge in [0, 0.05) is 17.9 Å². The van der Waals surface area contributed by atoms with Crippen molar-refractivity contribution in [2.75, 3.05) is 5.32 Å². The minimum absolute atomic E-state index is 0.135. The van der Waals surface area contributed by atoms with E-state index in [1.54, 1.807) is 12.1 Å². The molecule has 0 unspecified atom stereocenters. The van der Waals surface area contributed by atoms with E-state index in [4.69, 9.17) is 5.41 Å². The molecule has 4 heteroatoms. The third kappa shape index (κ3) is 3.58. The molecular weight excluding hydrogens is 226 g/mol. The molecule has 1 aliphatic carbocycles. The molecule has 1 aromatic carbocycles. The summed E-state index contributed by atoms with van der Waals surface area (Å²) in [7, 11) is 0. The number of benzene rings is 1.